The summed E-state index contributed by atoms with van der Waals surface area (Å²) in [4.78, 5) is 4.43. The Balaban J connectivity index is 2.17. The van der Waals surface area contributed by atoms with E-state index in [1.54, 1.807) is 26.4 Å². The summed E-state index contributed by atoms with van der Waals surface area (Å²) in [6.07, 6.45) is 0. The van der Waals surface area contributed by atoms with Crippen LogP contribution in [0.15, 0.2) is 40.8 Å². The van der Waals surface area contributed by atoms with Crippen LogP contribution < -0.4 is 15.2 Å². The quantitative estimate of drug-likeness (QED) is 0.740. The number of hydrogen-bond donors (Lipinski definition) is 1. The molecule has 5 nitrogen and oxygen atoms in total. The number of para-hydroxylation sites is 1. The van der Waals surface area contributed by atoms with E-state index in [4.69, 9.17) is 19.6 Å². The van der Waals surface area contributed by atoms with Crippen molar-refractivity contribution in [2.75, 3.05) is 20.0 Å². The Bertz CT molecular complexity index is 743. The molecule has 0 saturated heterocycles. The number of rotatable bonds is 3. The Morgan fingerprint density at radius 2 is 1.75 bits per heavy atom. The van der Waals surface area contributed by atoms with Crippen LogP contribution in [0.5, 0.6) is 11.5 Å². The van der Waals surface area contributed by atoms with E-state index in [1.807, 2.05) is 24.3 Å². The topological polar surface area (TPSA) is 70.5 Å². The lowest BCUT2D eigenvalue weighted by atomic mass is 10.2. The van der Waals surface area contributed by atoms with Gasteiger partial charge in [-0.25, -0.2) is 4.98 Å². The van der Waals surface area contributed by atoms with Crippen LogP contribution in [0.25, 0.3) is 22.6 Å². The average Bonchev–Trinajstić information content (AvgIpc) is 2.92. The number of benzene rings is 2. The number of fused-ring (bicyclic) bond motifs is 1. The number of oxazole rings is 1. The zero-order valence-electron chi connectivity index (χ0n) is 11.2. The molecular weight excluding hydrogens is 256 g/mol. The molecule has 2 aromatic carbocycles. The van der Waals surface area contributed by atoms with Crippen molar-refractivity contribution in [1.29, 1.82) is 0 Å². The molecule has 0 spiro atoms. The first-order chi connectivity index (χ1) is 9.71. The Kier molecular flexibility index (Phi) is 2.95. The number of nitrogens with zero attached hydrogens (tertiary/aromatic N) is 1. The minimum absolute atomic E-state index is 0.482. The van der Waals surface area contributed by atoms with Gasteiger partial charge in [0.25, 0.3) is 0 Å². The van der Waals surface area contributed by atoms with Gasteiger partial charge in [-0.05, 0) is 24.3 Å². The third-order valence-electron chi connectivity index (χ3n) is 3.05. The van der Waals surface area contributed by atoms with Crippen molar-refractivity contribution >= 4 is 16.8 Å². The van der Waals surface area contributed by atoms with Crippen molar-refractivity contribution in [3.63, 3.8) is 0 Å². The summed E-state index contributed by atoms with van der Waals surface area (Å²) in [5.74, 6) is 1.83. The van der Waals surface area contributed by atoms with E-state index < -0.39 is 0 Å². The fourth-order valence-corrected chi connectivity index (χ4v) is 2.02. The van der Waals surface area contributed by atoms with Crippen molar-refractivity contribution < 1.29 is 13.9 Å². The maximum absolute atomic E-state index is 5.89. The molecule has 102 valence electrons. The molecule has 0 aliphatic heterocycles. The SMILES string of the molecule is COc1cc(OC)cc(-c2nc3c(N)cccc3o2)c1. The van der Waals surface area contributed by atoms with Gasteiger partial charge in [-0.1, -0.05) is 6.07 Å². The predicted octanol–water partition coefficient (Wildman–Crippen LogP) is 3.09. The molecule has 5 heteroatoms. The smallest absolute Gasteiger partial charge is 0.227 e. The standard InChI is InChI=1S/C15H14N2O3/c1-18-10-6-9(7-11(8-10)19-2)15-17-14-12(16)4-3-5-13(14)20-15/h3-8H,16H2,1-2H3. The van der Waals surface area contributed by atoms with E-state index in [-0.39, 0.29) is 0 Å². The van der Waals surface area contributed by atoms with Crippen molar-refractivity contribution in [3.05, 3.63) is 36.4 Å². The molecule has 0 bridgehead atoms. The molecule has 0 aliphatic rings. The predicted molar refractivity (Wildman–Crippen MR) is 77.0 cm³/mol. The van der Waals surface area contributed by atoms with Crippen LogP contribution in [-0.4, -0.2) is 19.2 Å². The number of anilines is 1. The number of methoxy groups -OCH3 is 2. The Morgan fingerprint density at radius 3 is 2.35 bits per heavy atom. The van der Waals surface area contributed by atoms with Crippen LogP contribution in [0.2, 0.25) is 0 Å². The number of aromatic nitrogens is 1. The fourth-order valence-electron chi connectivity index (χ4n) is 2.02. The summed E-state index contributed by atoms with van der Waals surface area (Å²) >= 11 is 0. The zero-order chi connectivity index (χ0) is 14.1. The highest BCUT2D eigenvalue weighted by Gasteiger charge is 2.12. The van der Waals surface area contributed by atoms with Gasteiger partial charge in [-0.15, -0.1) is 0 Å². The van der Waals surface area contributed by atoms with Crippen LogP contribution >= 0.6 is 0 Å². The number of nitrogens with two attached hydrogens (primary N) is 1. The minimum atomic E-state index is 0.482. The third kappa shape index (κ3) is 2.03. The molecule has 0 amide bonds. The van der Waals surface area contributed by atoms with Gasteiger partial charge in [0.2, 0.25) is 5.89 Å². The van der Waals surface area contributed by atoms with Crippen LogP contribution in [0.3, 0.4) is 0 Å². The zero-order valence-corrected chi connectivity index (χ0v) is 11.2. The Labute approximate surface area is 115 Å². The van der Waals surface area contributed by atoms with Gasteiger partial charge in [-0.2, -0.15) is 0 Å². The van der Waals surface area contributed by atoms with Gasteiger partial charge in [0, 0.05) is 11.6 Å². The molecule has 0 unspecified atom stereocenters. The third-order valence-corrected chi connectivity index (χ3v) is 3.05. The molecule has 3 rings (SSSR count). The summed E-state index contributed by atoms with van der Waals surface area (Å²) in [5.41, 5.74) is 8.56. The van der Waals surface area contributed by atoms with Crippen molar-refractivity contribution in [2.24, 2.45) is 0 Å². The highest BCUT2D eigenvalue weighted by molar-refractivity contribution is 5.87. The fraction of sp³-hybridized carbons (Fsp3) is 0.133. The second-order valence-electron chi connectivity index (χ2n) is 4.31. The molecule has 1 aromatic heterocycles. The first kappa shape index (κ1) is 12.3. The van der Waals surface area contributed by atoms with Gasteiger partial charge < -0.3 is 19.6 Å². The highest BCUT2D eigenvalue weighted by Crippen LogP contribution is 2.32. The van der Waals surface area contributed by atoms with Crippen molar-refractivity contribution in [3.8, 4) is 23.0 Å². The summed E-state index contributed by atoms with van der Waals surface area (Å²) in [6, 6.07) is 10.9. The van der Waals surface area contributed by atoms with Crippen molar-refractivity contribution in [2.45, 2.75) is 0 Å². The van der Waals surface area contributed by atoms with Crippen molar-refractivity contribution in [1.82, 2.24) is 4.98 Å². The Morgan fingerprint density at radius 1 is 1.05 bits per heavy atom. The molecule has 3 aromatic rings. The summed E-state index contributed by atoms with van der Waals surface area (Å²) in [6.45, 7) is 0. The molecule has 0 aliphatic carbocycles. The normalized spacial score (nSPS) is 10.7. The first-order valence-corrected chi connectivity index (χ1v) is 6.09. The monoisotopic (exact) mass is 270 g/mol. The van der Waals surface area contributed by atoms with Gasteiger partial charge in [-0.3, -0.25) is 0 Å². The minimum Gasteiger partial charge on any atom is -0.497 e. The lowest BCUT2D eigenvalue weighted by molar-refractivity contribution is 0.394. The largest absolute Gasteiger partial charge is 0.497 e. The maximum Gasteiger partial charge on any atom is 0.227 e. The first-order valence-electron chi connectivity index (χ1n) is 6.09. The maximum atomic E-state index is 5.89. The van der Waals surface area contributed by atoms with Crippen LogP contribution in [0.1, 0.15) is 0 Å². The number of ether oxygens (including phenoxy) is 2. The van der Waals surface area contributed by atoms with Crippen LogP contribution in [0, 0.1) is 0 Å². The summed E-state index contributed by atoms with van der Waals surface area (Å²) < 4.78 is 16.2. The van der Waals surface area contributed by atoms with E-state index >= 15 is 0 Å². The van der Waals surface area contributed by atoms with Crippen LogP contribution in [-0.2, 0) is 0 Å². The number of nitrogen functional groups attached to an aromatic ring is 1. The van der Waals surface area contributed by atoms with Gasteiger partial charge in [0.1, 0.15) is 17.0 Å². The van der Waals surface area contributed by atoms with E-state index in [9.17, 15) is 0 Å². The van der Waals surface area contributed by atoms with Gasteiger partial charge in [0.05, 0.1) is 19.9 Å². The molecule has 1 heterocycles. The average molecular weight is 270 g/mol. The van der Waals surface area contributed by atoms with E-state index in [2.05, 4.69) is 4.98 Å². The van der Waals surface area contributed by atoms with E-state index in [0.717, 1.165) is 5.56 Å². The molecule has 0 saturated carbocycles. The molecule has 0 atom stereocenters. The molecule has 0 radical (unpaired) electrons. The Hall–Kier alpha value is -2.69. The number of hydrogen-bond acceptors (Lipinski definition) is 5. The molecular formula is C15H14N2O3. The molecule has 0 fully saturated rings. The lowest BCUT2D eigenvalue weighted by Gasteiger charge is -2.05. The van der Waals surface area contributed by atoms with Gasteiger partial charge in [0.15, 0.2) is 5.58 Å². The highest BCUT2D eigenvalue weighted by atomic mass is 16.5. The van der Waals surface area contributed by atoms with Gasteiger partial charge >= 0.3 is 0 Å². The molecule has 2 N–H and O–H groups in total. The lowest BCUT2D eigenvalue weighted by Crippen LogP contribution is -1.89. The summed E-state index contributed by atoms with van der Waals surface area (Å²) in [5, 5.41) is 0. The second kappa shape index (κ2) is 4.77. The second-order valence-corrected chi connectivity index (χ2v) is 4.31. The van der Waals surface area contributed by atoms with E-state index in [1.165, 1.54) is 0 Å². The summed E-state index contributed by atoms with van der Waals surface area (Å²) in [7, 11) is 3.20. The van der Waals surface area contributed by atoms with Crippen LogP contribution in [0.4, 0.5) is 5.69 Å². The van der Waals surface area contributed by atoms with E-state index in [0.29, 0.717) is 34.2 Å². The molecule has 20 heavy (non-hydrogen) atoms.